The van der Waals surface area contributed by atoms with Gasteiger partial charge >= 0.3 is 5.97 Å². The highest BCUT2D eigenvalue weighted by molar-refractivity contribution is 7.12. The zero-order chi connectivity index (χ0) is 22.9. The van der Waals surface area contributed by atoms with Crippen LogP contribution in [0.1, 0.15) is 25.6 Å². The first-order valence-corrected chi connectivity index (χ1v) is 10.4. The number of para-hydroxylation sites is 1. The predicted molar refractivity (Wildman–Crippen MR) is 123 cm³/mol. The van der Waals surface area contributed by atoms with Crippen LogP contribution in [-0.2, 0) is 9.53 Å². The van der Waals surface area contributed by atoms with Crippen LogP contribution in [0.3, 0.4) is 0 Å². The summed E-state index contributed by atoms with van der Waals surface area (Å²) in [7, 11) is 3.07. The fourth-order valence-electron chi connectivity index (χ4n) is 2.79. The Hall–Kier alpha value is -3.91. The minimum Gasteiger partial charge on any atom is -0.493 e. The van der Waals surface area contributed by atoms with Crippen LogP contribution >= 0.6 is 11.3 Å². The molecular formula is C24H21NO6S. The number of Topliss-reactive ketones (excluding diaryl/α,β-unsaturated/α-hetero) is 1. The summed E-state index contributed by atoms with van der Waals surface area (Å²) in [5.74, 6) is -0.295. The quantitative estimate of drug-likeness (QED) is 0.294. The number of nitrogens with one attached hydrogen (secondary N) is 1. The zero-order valence-electron chi connectivity index (χ0n) is 17.5. The average molecular weight is 452 g/mol. The smallest absolute Gasteiger partial charge is 0.340 e. The second-order valence-electron chi connectivity index (χ2n) is 6.46. The highest BCUT2D eigenvalue weighted by atomic mass is 32.1. The lowest BCUT2D eigenvalue weighted by Crippen LogP contribution is -2.16. The highest BCUT2D eigenvalue weighted by Gasteiger charge is 2.16. The van der Waals surface area contributed by atoms with Crippen molar-refractivity contribution in [2.24, 2.45) is 0 Å². The van der Waals surface area contributed by atoms with Crippen LogP contribution < -0.4 is 14.8 Å². The summed E-state index contributed by atoms with van der Waals surface area (Å²) in [5.41, 5.74) is 1.17. The third-order valence-corrected chi connectivity index (χ3v) is 5.28. The van der Waals surface area contributed by atoms with Crippen LogP contribution in [0.2, 0.25) is 0 Å². The molecule has 0 unspecified atom stereocenters. The molecule has 0 saturated carbocycles. The van der Waals surface area contributed by atoms with Gasteiger partial charge in [-0.15, -0.1) is 11.3 Å². The zero-order valence-corrected chi connectivity index (χ0v) is 18.3. The summed E-state index contributed by atoms with van der Waals surface area (Å²) < 4.78 is 15.6. The summed E-state index contributed by atoms with van der Waals surface area (Å²) in [5, 5.41) is 4.44. The number of rotatable bonds is 9. The number of hydrogen-bond acceptors (Lipinski definition) is 7. The van der Waals surface area contributed by atoms with Crippen LogP contribution in [-0.4, -0.2) is 38.5 Å². The third-order valence-electron chi connectivity index (χ3n) is 4.37. The Morgan fingerprint density at radius 1 is 0.969 bits per heavy atom. The van der Waals surface area contributed by atoms with E-state index in [4.69, 9.17) is 14.2 Å². The number of carbonyl (C=O) groups is 3. The van der Waals surface area contributed by atoms with Crippen molar-refractivity contribution >= 4 is 40.8 Å². The SMILES string of the molecule is COc1ccc(C=CC(=O)Nc2ccccc2C(=O)OCC(=O)c2cccs2)cc1OC. The monoisotopic (exact) mass is 451 g/mol. The number of anilines is 1. The summed E-state index contributed by atoms with van der Waals surface area (Å²) in [4.78, 5) is 37.4. The van der Waals surface area contributed by atoms with Crippen molar-refractivity contribution < 1.29 is 28.6 Å². The van der Waals surface area contributed by atoms with Crippen LogP contribution in [0.15, 0.2) is 66.1 Å². The standard InChI is InChI=1S/C24H21NO6S/c1-29-20-11-9-16(14-21(20)30-2)10-12-23(27)25-18-7-4-3-6-17(18)24(28)31-15-19(26)22-8-5-13-32-22/h3-14H,15H2,1-2H3,(H,25,27). The summed E-state index contributed by atoms with van der Waals surface area (Å²) in [6.07, 6.45) is 2.95. The van der Waals surface area contributed by atoms with Gasteiger partial charge in [0.25, 0.3) is 0 Å². The number of benzene rings is 2. The van der Waals surface area contributed by atoms with E-state index in [1.165, 1.54) is 30.6 Å². The van der Waals surface area contributed by atoms with Gasteiger partial charge in [-0.25, -0.2) is 4.79 Å². The molecule has 0 bridgehead atoms. The van der Waals surface area contributed by atoms with Gasteiger partial charge in [0.2, 0.25) is 11.7 Å². The van der Waals surface area contributed by atoms with Crippen molar-refractivity contribution in [3.05, 3.63) is 82.1 Å². The van der Waals surface area contributed by atoms with Gasteiger partial charge in [-0.3, -0.25) is 9.59 Å². The Kier molecular flexibility index (Phi) is 7.77. The highest BCUT2D eigenvalue weighted by Crippen LogP contribution is 2.28. The van der Waals surface area contributed by atoms with Gasteiger partial charge in [0, 0.05) is 6.08 Å². The maximum Gasteiger partial charge on any atom is 0.340 e. The van der Waals surface area contributed by atoms with Crippen molar-refractivity contribution in [3.8, 4) is 11.5 Å². The van der Waals surface area contributed by atoms with Crippen molar-refractivity contribution in [3.63, 3.8) is 0 Å². The van der Waals surface area contributed by atoms with Gasteiger partial charge in [-0.05, 0) is 47.4 Å². The van der Waals surface area contributed by atoms with Crippen LogP contribution in [0.25, 0.3) is 6.08 Å². The van der Waals surface area contributed by atoms with E-state index in [-0.39, 0.29) is 23.6 Å². The maximum absolute atomic E-state index is 12.5. The van der Waals surface area contributed by atoms with Gasteiger partial charge in [0.05, 0.1) is 30.3 Å². The van der Waals surface area contributed by atoms with Gasteiger partial charge in [-0.2, -0.15) is 0 Å². The average Bonchev–Trinajstić information content (AvgIpc) is 3.36. The van der Waals surface area contributed by atoms with Crippen molar-refractivity contribution in [2.45, 2.75) is 0 Å². The van der Waals surface area contributed by atoms with E-state index in [1.807, 2.05) is 0 Å². The predicted octanol–water partition coefficient (Wildman–Crippen LogP) is 4.46. The van der Waals surface area contributed by atoms with E-state index in [2.05, 4.69) is 5.32 Å². The molecule has 2 aromatic carbocycles. The molecule has 0 aliphatic rings. The number of ether oxygens (including phenoxy) is 3. The van der Waals surface area contributed by atoms with Gasteiger partial charge in [0.15, 0.2) is 18.1 Å². The van der Waals surface area contributed by atoms with E-state index in [1.54, 1.807) is 67.1 Å². The third kappa shape index (κ3) is 5.83. The van der Waals surface area contributed by atoms with Gasteiger partial charge in [0.1, 0.15) is 0 Å². The van der Waals surface area contributed by atoms with Crippen LogP contribution in [0.4, 0.5) is 5.69 Å². The minimum absolute atomic E-state index is 0.152. The topological polar surface area (TPSA) is 90.9 Å². The first-order chi connectivity index (χ1) is 15.5. The molecule has 0 fully saturated rings. The van der Waals surface area contributed by atoms with Gasteiger partial charge in [-0.1, -0.05) is 24.3 Å². The molecule has 1 amide bonds. The molecule has 164 valence electrons. The molecule has 0 radical (unpaired) electrons. The Balaban J connectivity index is 1.65. The van der Waals surface area contributed by atoms with E-state index in [0.717, 1.165) is 5.56 Å². The molecule has 32 heavy (non-hydrogen) atoms. The van der Waals surface area contributed by atoms with E-state index < -0.39 is 11.9 Å². The lowest BCUT2D eigenvalue weighted by Gasteiger charge is -2.10. The molecule has 3 aromatic rings. The largest absolute Gasteiger partial charge is 0.493 e. The summed E-state index contributed by atoms with van der Waals surface area (Å²) in [6, 6.07) is 15.1. The number of carbonyl (C=O) groups excluding carboxylic acids is 3. The summed E-state index contributed by atoms with van der Waals surface area (Å²) >= 11 is 1.28. The Labute approximate surface area is 189 Å². The fourth-order valence-corrected chi connectivity index (χ4v) is 3.44. The molecule has 8 heteroatoms. The Bertz CT molecular complexity index is 1140. The van der Waals surface area contributed by atoms with Gasteiger partial charge < -0.3 is 19.5 Å². The molecule has 0 atom stereocenters. The molecule has 0 aliphatic carbocycles. The Morgan fingerprint density at radius 3 is 2.47 bits per heavy atom. The maximum atomic E-state index is 12.5. The fraction of sp³-hybridized carbons (Fsp3) is 0.125. The van der Waals surface area contributed by atoms with E-state index in [0.29, 0.717) is 16.4 Å². The number of amides is 1. The first kappa shape index (κ1) is 22.8. The number of ketones is 1. The normalized spacial score (nSPS) is 10.6. The summed E-state index contributed by atoms with van der Waals surface area (Å²) in [6.45, 7) is -0.374. The number of methoxy groups -OCH3 is 2. The lowest BCUT2D eigenvalue weighted by molar-refractivity contribution is -0.111. The second kappa shape index (κ2) is 10.9. The molecule has 7 nitrogen and oxygen atoms in total. The molecule has 1 aromatic heterocycles. The van der Waals surface area contributed by atoms with Crippen molar-refractivity contribution in [1.29, 1.82) is 0 Å². The molecule has 1 heterocycles. The Morgan fingerprint density at radius 2 is 1.75 bits per heavy atom. The van der Waals surface area contributed by atoms with Crippen molar-refractivity contribution in [2.75, 3.05) is 26.1 Å². The molecule has 0 saturated heterocycles. The molecule has 0 spiro atoms. The second-order valence-corrected chi connectivity index (χ2v) is 7.41. The van der Waals surface area contributed by atoms with E-state index >= 15 is 0 Å². The number of esters is 1. The van der Waals surface area contributed by atoms with E-state index in [9.17, 15) is 14.4 Å². The van der Waals surface area contributed by atoms with Crippen LogP contribution in [0, 0.1) is 0 Å². The first-order valence-electron chi connectivity index (χ1n) is 9.55. The lowest BCUT2D eigenvalue weighted by atomic mass is 10.1. The van der Waals surface area contributed by atoms with Crippen molar-refractivity contribution in [1.82, 2.24) is 0 Å². The molecule has 0 aliphatic heterocycles. The number of hydrogen-bond donors (Lipinski definition) is 1. The van der Waals surface area contributed by atoms with Crippen LogP contribution in [0.5, 0.6) is 11.5 Å². The molecule has 1 N–H and O–H groups in total. The minimum atomic E-state index is -0.699. The number of thiophene rings is 1. The molecule has 3 rings (SSSR count). The molecular weight excluding hydrogens is 430 g/mol.